The first-order valence-electron chi connectivity index (χ1n) is 7.00. The van der Waals surface area contributed by atoms with E-state index in [0.717, 1.165) is 17.9 Å². The molecule has 0 bridgehead atoms. The highest BCUT2D eigenvalue weighted by Gasteiger charge is 2.04. The Kier molecular flexibility index (Phi) is 8.78. The zero-order chi connectivity index (χ0) is 14.6. The van der Waals surface area contributed by atoms with E-state index in [-0.39, 0.29) is 0 Å². The molecule has 20 heavy (non-hydrogen) atoms. The molecule has 0 heterocycles. The minimum atomic E-state index is -0.479. The van der Waals surface area contributed by atoms with Crippen molar-refractivity contribution in [3.63, 3.8) is 0 Å². The number of aliphatic hydroxyl groups excluding tert-OH is 1. The van der Waals surface area contributed by atoms with Crippen molar-refractivity contribution in [1.29, 1.82) is 0 Å². The van der Waals surface area contributed by atoms with E-state index < -0.39 is 6.10 Å². The predicted octanol–water partition coefficient (Wildman–Crippen LogP) is 1.45. The fourth-order valence-electron chi connectivity index (χ4n) is 1.66. The maximum absolute atomic E-state index is 9.63. The first-order chi connectivity index (χ1) is 9.77. The van der Waals surface area contributed by atoms with Crippen molar-refractivity contribution in [3.8, 4) is 11.5 Å². The van der Waals surface area contributed by atoms with Gasteiger partial charge in [-0.3, -0.25) is 0 Å². The van der Waals surface area contributed by atoms with Gasteiger partial charge in [-0.25, -0.2) is 0 Å². The van der Waals surface area contributed by atoms with E-state index in [4.69, 9.17) is 14.2 Å². The van der Waals surface area contributed by atoms with Crippen LogP contribution >= 0.6 is 0 Å². The Hall–Kier alpha value is -1.30. The van der Waals surface area contributed by atoms with Crippen LogP contribution in [0, 0.1) is 0 Å². The molecule has 5 nitrogen and oxygen atoms in total. The Bertz CT molecular complexity index is 359. The van der Waals surface area contributed by atoms with Gasteiger partial charge in [0.25, 0.3) is 0 Å². The second-order valence-electron chi connectivity index (χ2n) is 4.43. The van der Waals surface area contributed by atoms with Gasteiger partial charge in [0.05, 0.1) is 19.8 Å². The number of nitrogens with one attached hydrogen (secondary N) is 1. The third-order valence-electron chi connectivity index (χ3n) is 2.64. The molecule has 0 amide bonds. The van der Waals surface area contributed by atoms with Crippen molar-refractivity contribution in [2.45, 2.75) is 19.4 Å². The minimum absolute atomic E-state index is 0.369. The normalized spacial score (nSPS) is 12.2. The number of benzene rings is 1. The second-order valence-corrected chi connectivity index (χ2v) is 4.43. The summed E-state index contributed by atoms with van der Waals surface area (Å²) in [4.78, 5) is 0. The predicted molar refractivity (Wildman–Crippen MR) is 78.5 cm³/mol. The molecule has 1 aromatic carbocycles. The Morgan fingerprint density at radius 3 is 2.65 bits per heavy atom. The maximum atomic E-state index is 9.63. The van der Waals surface area contributed by atoms with Crippen LogP contribution in [0.1, 0.15) is 13.3 Å². The summed E-state index contributed by atoms with van der Waals surface area (Å²) in [5.74, 6) is 1.45. The monoisotopic (exact) mass is 283 g/mol. The lowest BCUT2D eigenvalue weighted by Crippen LogP contribution is -2.33. The molecule has 114 valence electrons. The fraction of sp³-hybridized carbons (Fsp3) is 0.600. The van der Waals surface area contributed by atoms with E-state index in [0.29, 0.717) is 32.9 Å². The highest BCUT2D eigenvalue weighted by molar-refractivity contribution is 5.39. The van der Waals surface area contributed by atoms with Crippen LogP contribution in [0.2, 0.25) is 0 Å². The summed E-state index contributed by atoms with van der Waals surface area (Å²) in [5, 5.41) is 12.8. The van der Waals surface area contributed by atoms with E-state index in [1.807, 2.05) is 31.2 Å². The molecule has 0 aliphatic heterocycles. The van der Waals surface area contributed by atoms with Crippen LogP contribution in [0.25, 0.3) is 0 Å². The van der Waals surface area contributed by atoms with Crippen molar-refractivity contribution in [2.24, 2.45) is 0 Å². The summed E-state index contributed by atoms with van der Waals surface area (Å²) in [5.41, 5.74) is 0. The molecule has 1 rings (SSSR count). The summed E-state index contributed by atoms with van der Waals surface area (Å²) >= 11 is 0. The largest absolute Gasteiger partial charge is 0.493 e. The van der Waals surface area contributed by atoms with E-state index in [1.165, 1.54) is 0 Å². The quantitative estimate of drug-likeness (QED) is 0.602. The van der Waals surface area contributed by atoms with Crippen LogP contribution in [0.3, 0.4) is 0 Å². The second kappa shape index (κ2) is 10.5. The Morgan fingerprint density at radius 1 is 1.20 bits per heavy atom. The molecular weight excluding hydrogens is 258 g/mol. The molecule has 5 heteroatoms. The molecule has 1 aromatic rings. The first-order valence-corrected chi connectivity index (χ1v) is 7.00. The van der Waals surface area contributed by atoms with Crippen molar-refractivity contribution >= 4 is 0 Å². The van der Waals surface area contributed by atoms with E-state index in [9.17, 15) is 5.11 Å². The van der Waals surface area contributed by atoms with Gasteiger partial charge in [-0.2, -0.15) is 0 Å². The van der Waals surface area contributed by atoms with Gasteiger partial charge in [-0.05, 0) is 18.6 Å². The van der Waals surface area contributed by atoms with Crippen molar-refractivity contribution in [1.82, 2.24) is 5.32 Å². The van der Waals surface area contributed by atoms with Crippen molar-refractivity contribution < 1.29 is 19.3 Å². The molecule has 1 atom stereocenters. The standard InChI is InChI=1S/C15H25NO4/c1-3-9-19-12-13(17)11-16-8-10-20-15-7-5-4-6-14(15)18-2/h4-7,13,16-17H,3,8-12H2,1-2H3/t13-/m1/s1. The average molecular weight is 283 g/mol. The molecular formula is C15H25NO4. The van der Waals surface area contributed by atoms with E-state index >= 15 is 0 Å². The lowest BCUT2D eigenvalue weighted by atomic mass is 10.3. The summed E-state index contributed by atoms with van der Waals surface area (Å²) in [7, 11) is 1.62. The number of rotatable bonds is 11. The number of para-hydroxylation sites is 2. The summed E-state index contributed by atoms with van der Waals surface area (Å²) in [6.45, 7) is 4.77. The van der Waals surface area contributed by atoms with Crippen LogP contribution in [0.15, 0.2) is 24.3 Å². The smallest absolute Gasteiger partial charge is 0.161 e. The number of aliphatic hydroxyl groups is 1. The molecule has 0 saturated heterocycles. The van der Waals surface area contributed by atoms with Crippen LogP contribution in [0.5, 0.6) is 11.5 Å². The molecule has 0 aliphatic carbocycles. The third-order valence-corrected chi connectivity index (χ3v) is 2.64. The van der Waals surface area contributed by atoms with Crippen molar-refractivity contribution in [2.75, 3.05) is 40.0 Å². The molecule has 0 aromatic heterocycles. The molecule has 0 radical (unpaired) electrons. The van der Waals surface area contributed by atoms with Crippen molar-refractivity contribution in [3.05, 3.63) is 24.3 Å². The molecule has 2 N–H and O–H groups in total. The molecule has 0 unspecified atom stereocenters. The molecule has 0 spiro atoms. The number of methoxy groups -OCH3 is 1. The average Bonchev–Trinajstić information content (AvgIpc) is 2.47. The van der Waals surface area contributed by atoms with Crippen LogP contribution in [0.4, 0.5) is 0 Å². The van der Waals surface area contributed by atoms with Gasteiger partial charge in [0.2, 0.25) is 0 Å². The summed E-state index contributed by atoms with van der Waals surface area (Å²) < 4.78 is 16.1. The van der Waals surface area contributed by atoms with Gasteiger partial charge >= 0.3 is 0 Å². The highest BCUT2D eigenvalue weighted by Crippen LogP contribution is 2.25. The topological polar surface area (TPSA) is 60.0 Å². The van der Waals surface area contributed by atoms with Crippen LogP contribution < -0.4 is 14.8 Å². The molecule has 0 saturated carbocycles. The highest BCUT2D eigenvalue weighted by atomic mass is 16.5. The SMILES string of the molecule is CCCOC[C@H](O)CNCCOc1ccccc1OC. The van der Waals surface area contributed by atoms with Gasteiger partial charge < -0.3 is 24.6 Å². The van der Waals surface area contributed by atoms with Gasteiger partial charge in [0, 0.05) is 19.7 Å². The summed E-state index contributed by atoms with van der Waals surface area (Å²) in [6, 6.07) is 7.53. The molecule has 0 fully saturated rings. The van der Waals surface area contributed by atoms with Gasteiger partial charge in [0.15, 0.2) is 11.5 Å². The van der Waals surface area contributed by atoms with Gasteiger partial charge in [-0.1, -0.05) is 19.1 Å². The Morgan fingerprint density at radius 2 is 1.95 bits per heavy atom. The molecule has 0 aliphatic rings. The number of hydrogen-bond acceptors (Lipinski definition) is 5. The lowest BCUT2D eigenvalue weighted by molar-refractivity contribution is 0.0370. The van der Waals surface area contributed by atoms with Gasteiger partial charge in [0.1, 0.15) is 6.61 Å². The Balaban J connectivity index is 2.10. The number of hydrogen-bond donors (Lipinski definition) is 2. The maximum Gasteiger partial charge on any atom is 0.161 e. The zero-order valence-electron chi connectivity index (χ0n) is 12.3. The van der Waals surface area contributed by atoms with Crippen LogP contribution in [-0.2, 0) is 4.74 Å². The Labute approximate surface area is 120 Å². The van der Waals surface area contributed by atoms with Crippen LogP contribution in [-0.4, -0.2) is 51.2 Å². The zero-order valence-corrected chi connectivity index (χ0v) is 12.3. The number of ether oxygens (including phenoxy) is 3. The fourth-order valence-corrected chi connectivity index (χ4v) is 1.66. The lowest BCUT2D eigenvalue weighted by Gasteiger charge is -2.13. The van der Waals surface area contributed by atoms with E-state index in [1.54, 1.807) is 7.11 Å². The van der Waals surface area contributed by atoms with E-state index in [2.05, 4.69) is 5.32 Å². The summed E-state index contributed by atoms with van der Waals surface area (Å²) in [6.07, 6.45) is 0.486. The van der Waals surface area contributed by atoms with Gasteiger partial charge in [-0.15, -0.1) is 0 Å². The minimum Gasteiger partial charge on any atom is -0.493 e. The first kappa shape index (κ1) is 16.8. The third kappa shape index (κ3) is 6.75.